The molecule has 0 saturated carbocycles. The number of amidine groups is 1. The predicted octanol–water partition coefficient (Wildman–Crippen LogP) is 3.03. The smallest absolute Gasteiger partial charge is 0.188 e. The lowest BCUT2D eigenvalue weighted by atomic mass is 10.1. The Labute approximate surface area is 128 Å². The molecular formula is C15H16ClN3O2. The van der Waals surface area contributed by atoms with Crippen LogP contribution in [0.4, 0.5) is 0 Å². The zero-order valence-electron chi connectivity index (χ0n) is 11.8. The van der Waals surface area contributed by atoms with Crippen LogP contribution >= 0.6 is 11.6 Å². The number of aromatic nitrogens is 1. The highest BCUT2D eigenvalue weighted by Gasteiger charge is 2.07. The molecule has 0 spiro atoms. The number of ether oxygens (including phenoxy) is 1. The maximum absolute atomic E-state index is 8.66. The molecule has 1 aromatic heterocycles. The average Bonchev–Trinajstić information content (AvgIpc) is 2.45. The van der Waals surface area contributed by atoms with Gasteiger partial charge in [0.05, 0.1) is 0 Å². The number of hydrogen-bond acceptors (Lipinski definition) is 4. The van der Waals surface area contributed by atoms with Crippen molar-refractivity contribution in [2.45, 2.75) is 20.5 Å². The minimum atomic E-state index is -0.0318. The number of rotatable bonds is 4. The van der Waals surface area contributed by atoms with E-state index in [4.69, 9.17) is 27.3 Å². The molecule has 0 unspecified atom stereocenters. The highest BCUT2D eigenvalue weighted by molar-refractivity contribution is 6.30. The van der Waals surface area contributed by atoms with E-state index in [2.05, 4.69) is 10.1 Å². The second-order valence-electron chi connectivity index (χ2n) is 4.69. The van der Waals surface area contributed by atoms with Crippen molar-refractivity contribution >= 4 is 17.4 Å². The maximum Gasteiger partial charge on any atom is 0.188 e. The van der Waals surface area contributed by atoms with Crippen LogP contribution in [0.3, 0.4) is 0 Å². The van der Waals surface area contributed by atoms with Crippen LogP contribution < -0.4 is 10.5 Å². The summed E-state index contributed by atoms with van der Waals surface area (Å²) >= 11 is 6.00. The molecule has 1 aromatic carbocycles. The summed E-state index contributed by atoms with van der Waals surface area (Å²) in [6, 6.07) is 7.25. The summed E-state index contributed by atoms with van der Waals surface area (Å²) in [5, 5.41) is 12.3. The number of aryl methyl sites for hydroxylation is 2. The molecule has 0 fully saturated rings. The Morgan fingerprint density at radius 2 is 2.00 bits per heavy atom. The third-order valence-electron chi connectivity index (χ3n) is 3.00. The summed E-state index contributed by atoms with van der Waals surface area (Å²) < 4.78 is 5.85. The lowest BCUT2D eigenvalue weighted by Crippen LogP contribution is -2.15. The van der Waals surface area contributed by atoms with Gasteiger partial charge in [0.15, 0.2) is 5.84 Å². The third kappa shape index (κ3) is 3.64. The third-order valence-corrected chi connectivity index (χ3v) is 3.22. The average molecular weight is 306 g/mol. The van der Waals surface area contributed by atoms with E-state index in [-0.39, 0.29) is 5.84 Å². The number of hydrogen-bond donors (Lipinski definition) is 2. The Morgan fingerprint density at radius 1 is 1.33 bits per heavy atom. The minimum Gasteiger partial charge on any atom is -0.488 e. The molecule has 21 heavy (non-hydrogen) atoms. The van der Waals surface area contributed by atoms with Crippen LogP contribution in [0.5, 0.6) is 5.75 Å². The van der Waals surface area contributed by atoms with Gasteiger partial charge >= 0.3 is 0 Å². The quantitative estimate of drug-likeness (QED) is 0.394. The monoisotopic (exact) mass is 305 g/mol. The summed E-state index contributed by atoms with van der Waals surface area (Å²) in [4.78, 5) is 4.02. The molecule has 0 atom stereocenters. The lowest BCUT2D eigenvalue weighted by Gasteiger charge is -2.13. The number of halogens is 1. The van der Waals surface area contributed by atoms with E-state index in [1.165, 1.54) is 0 Å². The van der Waals surface area contributed by atoms with Crippen LogP contribution in [0.25, 0.3) is 0 Å². The van der Waals surface area contributed by atoms with E-state index in [1.54, 1.807) is 12.3 Å². The Bertz CT molecular complexity index is 663. The van der Waals surface area contributed by atoms with Gasteiger partial charge in [0.25, 0.3) is 0 Å². The normalized spacial score (nSPS) is 11.5. The van der Waals surface area contributed by atoms with Gasteiger partial charge in [-0.25, -0.2) is 0 Å². The van der Waals surface area contributed by atoms with Crippen molar-refractivity contribution < 1.29 is 9.94 Å². The molecule has 0 aliphatic heterocycles. The summed E-state index contributed by atoms with van der Waals surface area (Å²) in [6.07, 6.45) is 1.59. The summed E-state index contributed by atoms with van der Waals surface area (Å²) in [6.45, 7) is 4.25. The second-order valence-corrected chi connectivity index (χ2v) is 5.13. The fraction of sp³-hybridized carbons (Fsp3) is 0.200. The lowest BCUT2D eigenvalue weighted by molar-refractivity contribution is 0.301. The van der Waals surface area contributed by atoms with Crippen molar-refractivity contribution in [2.24, 2.45) is 10.9 Å². The highest BCUT2D eigenvalue weighted by Crippen LogP contribution is 2.27. The van der Waals surface area contributed by atoms with Crippen LogP contribution in [-0.4, -0.2) is 16.0 Å². The van der Waals surface area contributed by atoms with E-state index < -0.39 is 0 Å². The molecule has 3 N–H and O–H groups in total. The zero-order chi connectivity index (χ0) is 15.4. The fourth-order valence-electron chi connectivity index (χ4n) is 2.04. The van der Waals surface area contributed by atoms with E-state index >= 15 is 0 Å². The highest BCUT2D eigenvalue weighted by atomic mass is 35.5. The molecule has 6 heteroatoms. The van der Waals surface area contributed by atoms with Gasteiger partial charge in [0, 0.05) is 11.2 Å². The van der Waals surface area contributed by atoms with Crippen LogP contribution in [-0.2, 0) is 6.61 Å². The number of benzene rings is 1. The Hall–Kier alpha value is -2.27. The van der Waals surface area contributed by atoms with Gasteiger partial charge in [-0.15, -0.1) is 0 Å². The fourth-order valence-corrected chi connectivity index (χ4v) is 2.36. The number of oxime groups is 1. The van der Waals surface area contributed by atoms with E-state index in [0.29, 0.717) is 17.3 Å². The first-order valence-electron chi connectivity index (χ1n) is 6.33. The molecule has 0 bridgehead atoms. The van der Waals surface area contributed by atoms with Gasteiger partial charge in [-0.1, -0.05) is 16.8 Å². The van der Waals surface area contributed by atoms with Crippen molar-refractivity contribution in [3.63, 3.8) is 0 Å². The first kappa shape index (κ1) is 15.1. The molecule has 110 valence electrons. The Morgan fingerprint density at radius 3 is 2.62 bits per heavy atom. The molecule has 0 aliphatic carbocycles. The Kier molecular flexibility index (Phi) is 4.65. The predicted molar refractivity (Wildman–Crippen MR) is 82.0 cm³/mol. The maximum atomic E-state index is 8.66. The van der Waals surface area contributed by atoms with Crippen LogP contribution in [0, 0.1) is 13.8 Å². The SMILES string of the molecule is Cc1cc(Cl)cc(C)c1OCc1ccnc(C(N)=NO)c1. The van der Waals surface area contributed by atoms with Crippen molar-refractivity contribution in [3.05, 3.63) is 57.9 Å². The first-order chi connectivity index (χ1) is 10.0. The summed E-state index contributed by atoms with van der Waals surface area (Å²) in [7, 11) is 0. The summed E-state index contributed by atoms with van der Waals surface area (Å²) in [5.74, 6) is 0.775. The van der Waals surface area contributed by atoms with Crippen LogP contribution in [0.15, 0.2) is 35.6 Å². The second kappa shape index (κ2) is 6.45. The zero-order valence-corrected chi connectivity index (χ0v) is 12.6. The summed E-state index contributed by atoms with van der Waals surface area (Å²) in [5.41, 5.74) is 8.75. The Balaban J connectivity index is 2.17. The molecule has 0 amide bonds. The van der Waals surface area contributed by atoms with Gasteiger partial charge in [-0.3, -0.25) is 4.98 Å². The molecule has 0 radical (unpaired) electrons. The topological polar surface area (TPSA) is 80.7 Å². The first-order valence-corrected chi connectivity index (χ1v) is 6.71. The molecule has 0 saturated heterocycles. The van der Waals surface area contributed by atoms with Crippen molar-refractivity contribution in [2.75, 3.05) is 0 Å². The van der Waals surface area contributed by atoms with Crippen LogP contribution in [0.2, 0.25) is 5.02 Å². The van der Waals surface area contributed by atoms with E-state index in [0.717, 1.165) is 22.4 Å². The number of pyridine rings is 1. The molecule has 0 aliphatic rings. The molecule has 1 heterocycles. The largest absolute Gasteiger partial charge is 0.488 e. The molecule has 2 rings (SSSR count). The number of nitrogens with zero attached hydrogens (tertiary/aromatic N) is 2. The van der Waals surface area contributed by atoms with Gasteiger partial charge < -0.3 is 15.7 Å². The van der Waals surface area contributed by atoms with Gasteiger partial charge in [-0.2, -0.15) is 0 Å². The van der Waals surface area contributed by atoms with E-state index in [1.807, 2.05) is 32.0 Å². The number of nitrogens with two attached hydrogens (primary N) is 1. The van der Waals surface area contributed by atoms with E-state index in [9.17, 15) is 0 Å². The van der Waals surface area contributed by atoms with Crippen molar-refractivity contribution in [1.82, 2.24) is 4.98 Å². The van der Waals surface area contributed by atoms with Gasteiger partial charge in [-0.05, 0) is 54.8 Å². The van der Waals surface area contributed by atoms with Crippen LogP contribution in [0.1, 0.15) is 22.4 Å². The minimum absolute atomic E-state index is 0.0318. The standard InChI is InChI=1S/C15H16ClN3O2/c1-9-5-12(16)6-10(2)14(9)21-8-11-3-4-18-13(7-11)15(17)19-20/h3-7,20H,8H2,1-2H3,(H2,17,19). The van der Waals surface area contributed by atoms with Crippen molar-refractivity contribution in [1.29, 1.82) is 0 Å². The van der Waals surface area contributed by atoms with Gasteiger partial charge in [0.1, 0.15) is 18.1 Å². The van der Waals surface area contributed by atoms with Gasteiger partial charge in [0.2, 0.25) is 0 Å². The molecular weight excluding hydrogens is 290 g/mol. The van der Waals surface area contributed by atoms with Crippen molar-refractivity contribution in [3.8, 4) is 5.75 Å². The molecule has 2 aromatic rings. The molecule has 5 nitrogen and oxygen atoms in total.